The molecule has 0 aromatic heterocycles. The van der Waals surface area contributed by atoms with Gasteiger partial charge in [0.25, 0.3) is 0 Å². The van der Waals surface area contributed by atoms with Gasteiger partial charge in [0, 0.05) is 24.6 Å². The zero-order chi connectivity index (χ0) is 20.3. The highest BCUT2D eigenvalue weighted by molar-refractivity contribution is 6.33. The highest BCUT2D eigenvalue weighted by Gasteiger charge is 2.37. The van der Waals surface area contributed by atoms with Crippen molar-refractivity contribution in [3.63, 3.8) is 0 Å². The second-order valence-corrected chi connectivity index (χ2v) is 7.27. The van der Waals surface area contributed by atoms with Crippen LogP contribution in [0.4, 0.5) is 11.4 Å². The minimum absolute atomic E-state index is 0.0182. The first-order chi connectivity index (χ1) is 13.4. The first-order valence-electron chi connectivity index (χ1n) is 8.57. The Hall–Kier alpha value is -2.70. The molecule has 1 aliphatic rings. The van der Waals surface area contributed by atoms with Gasteiger partial charge >= 0.3 is 11.9 Å². The molecule has 0 bridgehead atoms. The lowest BCUT2D eigenvalue weighted by Gasteiger charge is -2.33. The van der Waals surface area contributed by atoms with Crippen LogP contribution in [0.2, 0.25) is 10.0 Å². The van der Waals surface area contributed by atoms with Gasteiger partial charge in [0.05, 0.1) is 32.9 Å². The van der Waals surface area contributed by atoms with E-state index in [1.165, 1.54) is 0 Å². The van der Waals surface area contributed by atoms with Crippen molar-refractivity contribution in [1.29, 1.82) is 0 Å². The highest BCUT2D eigenvalue weighted by atomic mass is 35.5. The molecule has 0 radical (unpaired) electrons. The van der Waals surface area contributed by atoms with Gasteiger partial charge in [-0.1, -0.05) is 47.5 Å². The summed E-state index contributed by atoms with van der Waals surface area (Å²) in [5, 5.41) is 26.4. The topological polar surface area (TPSA) is 98.7 Å². The third kappa shape index (κ3) is 4.40. The van der Waals surface area contributed by atoms with Crippen molar-refractivity contribution in [2.24, 2.45) is 5.92 Å². The maximum atomic E-state index is 11.9. The predicted molar refractivity (Wildman–Crippen MR) is 109 cm³/mol. The summed E-state index contributed by atoms with van der Waals surface area (Å²) in [6, 6.07) is 13.2. The van der Waals surface area contributed by atoms with E-state index in [9.17, 15) is 19.8 Å². The van der Waals surface area contributed by atoms with Crippen molar-refractivity contribution in [1.82, 2.24) is 0 Å². The number of carboxylic acid groups (broad SMARTS) is 2. The van der Waals surface area contributed by atoms with Crippen molar-refractivity contribution in [2.45, 2.75) is 18.9 Å². The van der Waals surface area contributed by atoms with Crippen LogP contribution in [0.25, 0.3) is 0 Å². The largest absolute Gasteiger partial charge is 0.481 e. The van der Waals surface area contributed by atoms with E-state index in [0.29, 0.717) is 27.1 Å². The van der Waals surface area contributed by atoms with E-state index in [1.807, 2.05) is 0 Å². The Labute approximate surface area is 171 Å². The van der Waals surface area contributed by atoms with Crippen LogP contribution in [0.15, 0.2) is 59.8 Å². The van der Waals surface area contributed by atoms with Gasteiger partial charge in [-0.3, -0.25) is 4.79 Å². The number of rotatable bonds is 6. The van der Waals surface area contributed by atoms with Crippen LogP contribution in [0.5, 0.6) is 0 Å². The van der Waals surface area contributed by atoms with E-state index in [0.717, 1.165) is 0 Å². The van der Waals surface area contributed by atoms with Crippen molar-refractivity contribution >= 4 is 46.5 Å². The molecular formula is C20H18Cl2N2O4. The predicted octanol–water partition coefficient (Wildman–Crippen LogP) is 4.72. The van der Waals surface area contributed by atoms with Gasteiger partial charge in [0.15, 0.2) is 0 Å². The molecule has 3 rings (SSSR count). The fourth-order valence-electron chi connectivity index (χ4n) is 3.23. The fraction of sp³-hybridized carbons (Fsp3) is 0.200. The maximum absolute atomic E-state index is 11.9. The third-order valence-corrected chi connectivity index (χ3v) is 5.31. The van der Waals surface area contributed by atoms with Gasteiger partial charge in [0.1, 0.15) is 0 Å². The average Bonchev–Trinajstić information content (AvgIpc) is 2.65. The minimum Gasteiger partial charge on any atom is -0.481 e. The molecule has 146 valence electrons. The maximum Gasteiger partial charge on any atom is 0.333 e. The number of allylic oxidation sites excluding steroid dienone is 1. The quantitative estimate of drug-likeness (QED) is 0.539. The van der Waals surface area contributed by atoms with Crippen molar-refractivity contribution < 1.29 is 19.8 Å². The molecule has 0 aliphatic heterocycles. The zero-order valence-corrected chi connectivity index (χ0v) is 16.2. The second-order valence-electron chi connectivity index (χ2n) is 6.45. The van der Waals surface area contributed by atoms with Crippen LogP contribution >= 0.6 is 23.2 Å². The first kappa shape index (κ1) is 20.0. The number of halogens is 2. The molecule has 0 fully saturated rings. The zero-order valence-electron chi connectivity index (χ0n) is 14.7. The standard InChI is InChI=1S/C20H18Cl2N2O4/c21-13-5-1-3-7-15(13)23-17-9-12(20(27)28)18(10-11(17)19(25)26)24-16-8-4-2-6-14(16)22/h1-8,11,17,23-24H,9-10H2,(H,25,26)(H,27,28). The van der Waals surface area contributed by atoms with Crippen molar-refractivity contribution in [2.75, 3.05) is 10.6 Å². The van der Waals surface area contributed by atoms with Gasteiger partial charge in [-0.2, -0.15) is 0 Å². The Kier molecular flexibility index (Phi) is 6.11. The number of hydrogen-bond donors (Lipinski definition) is 4. The summed E-state index contributed by atoms with van der Waals surface area (Å²) in [4.78, 5) is 23.7. The van der Waals surface area contributed by atoms with Gasteiger partial charge in [-0.25, -0.2) is 4.79 Å². The molecule has 4 N–H and O–H groups in total. The van der Waals surface area contributed by atoms with E-state index >= 15 is 0 Å². The van der Waals surface area contributed by atoms with Crippen LogP contribution in [0.3, 0.4) is 0 Å². The molecule has 8 heteroatoms. The molecule has 2 aromatic carbocycles. The number of anilines is 2. The highest BCUT2D eigenvalue weighted by Crippen LogP contribution is 2.35. The summed E-state index contributed by atoms with van der Waals surface area (Å²) < 4.78 is 0. The number of carboxylic acids is 2. The lowest BCUT2D eigenvalue weighted by atomic mass is 9.82. The van der Waals surface area contributed by atoms with E-state index in [-0.39, 0.29) is 18.4 Å². The number of aliphatic carboxylic acids is 2. The van der Waals surface area contributed by atoms with Gasteiger partial charge in [-0.15, -0.1) is 0 Å². The Morgan fingerprint density at radius 3 is 2.00 bits per heavy atom. The Bertz CT molecular complexity index is 945. The molecule has 0 heterocycles. The summed E-state index contributed by atoms with van der Waals surface area (Å²) in [6.07, 6.45) is 0.0363. The number of hydrogen-bond acceptors (Lipinski definition) is 4. The average molecular weight is 421 g/mol. The number of nitrogens with one attached hydrogen (secondary N) is 2. The monoisotopic (exact) mass is 420 g/mol. The summed E-state index contributed by atoms with van der Waals surface area (Å²) in [5.41, 5.74) is 1.54. The molecule has 2 aromatic rings. The Morgan fingerprint density at radius 1 is 0.893 bits per heavy atom. The van der Waals surface area contributed by atoms with Gasteiger partial charge < -0.3 is 20.8 Å². The van der Waals surface area contributed by atoms with Gasteiger partial charge in [-0.05, 0) is 24.3 Å². The Morgan fingerprint density at radius 2 is 1.46 bits per heavy atom. The van der Waals surface area contributed by atoms with Crippen LogP contribution in [-0.4, -0.2) is 28.2 Å². The number of benzene rings is 2. The van der Waals surface area contributed by atoms with Crippen molar-refractivity contribution in [3.05, 3.63) is 69.8 Å². The normalized spacial score (nSPS) is 19.2. The first-order valence-corrected chi connectivity index (χ1v) is 9.33. The fourth-order valence-corrected chi connectivity index (χ4v) is 3.60. The lowest BCUT2D eigenvalue weighted by Crippen LogP contribution is -2.40. The van der Waals surface area contributed by atoms with E-state index in [1.54, 1.807) is 48.5 Å². The number of carbonyl (C=O) groups is 2. The third-order valence-electron chi connectivity index (χ3n) is 4.65. The second kappa shape index (κ2) is 8.54. The number of para-hydroxylation sites is 2. The smallest absolute Gasteiger partial charge is 0.333 e. The van der Waals surface area contributed by atoms with Crippen molar-refractivity contribution in [3.8, 4) is 0 Å². The molecule has 2 unspecified atom stereocenters. The van der Waals surface area contributed by atoms with E-state index < -0.39 is 23.9 Å². The van der Waals surface area contributed by atoms with Crippen LogP contribution in [-0.2, 0) is 9.59 Å². The molecule has 1 aliphatic carbocycles. The molecule has 0 saturated carbocycles. The molecule has 0 spiro atoms. The molecule has 6 nitrogen and oxygen atoms in total. The summed E-state index contributed by atoms with van der Waals surface area (Å²) in [6.45, 7) is 0. The van der Waals surface area contributed by atoms with Crippen LogP contribution < -0.4 is 10.6 Å². The van der Waals surface area contributed by atoms with Gasteiger partial charge in [0.2, 0.25) is 0 Å². The molecule has 28 heavy (non-hydrogen) atoms. The van der Waals surface area contributed by atoms with Crippen LogP contribution in [0.1, 0.15) is 12.8 Å². The molecular weight excluding hydrogens is 403 g/mol. The lowest BCUT2D eigenvalue weighted by molar-refractivity contribution is -0.143. The molecule has 0 saturated heterocycles. The molecule has 2 atom stereocenters. The SMILES string of the molecule is O=C(O)C1=C(Nc2ccccc2Cl)CC(C(=O)O)C(Nc2ccccc2Cl)C1. The van der Waals surface area contributed by atoms with E-state index in [4.69, 9.17) is 23.2 Å². The van der Waals surface area contributed by atoms with Crippen LogP contribution in [0, 0.1) is 5.92 Å². The molecule has 0 amide bonds. The van der Waals surface area contributed by atoms with E-state index in [2.05, 4.69) is 10.6 Å². The Balaban J connectivity index is 1.94. The summed E-state index contributed by atoms with van der Waals surface area (Å²) in [7, 11) is 0. The summed E-state index contributed by atoms with van der Waals surface area (Å²) in [5.74, 6) is -2.97. The minimum atomic E-state index is -1.11. The summed E-state index contributed by atoms with van der Waals surface area (Å²) >= 11 is 12.3.